The lowest BCUT2D eigenvalue weighted by atomic mass is 10.1. The summed E-state index contributed by atoms with van der Waals surface area (Å²) in [7, 11) is 0. The Morgan fingerprint density at radius 1 is 1.00 bits per heavy atom. The number of carbonyl (C=O) groups is 2. The molecule has 11 nitrogen and oxygen atoms in total. The van der Waals surface area contributed by atoms with E-state index in [0.29, 0.717) is 12.1 Å². The van der Waals surface area contributed by atoms with Crippen LogP contribution in [0.3, 0.4) is 0 Å². The summed E-state index contributed by atoms with van der Waals surface area (Å²) in [6.07, 6.45) is -3.62. The van der Waals surface area contributed by atoms with Gasteiger partial charge in [-0.15, -0.1) is 23.4 Å². The molecular formula is C25H23F4IN8O3. The number of aryl methyl sites for hydroxylation is 1. The van der Waals surface area contributed by atoms with Crippen molar-refractivity contribution in [2.24, 2.45) is 0 Å². The van der Waals surface area contributed by atoms with Gasteiger partial charge in [-0.2, -0.15) is 0 Å². The number of hydrogen-bond acceptors (Lipinski definition) is 7. The molecule has 0 aliphatic carbocycles. The molecule has 2 heterocycles. The van der Waals surface area contributed by atoms with Gasteiger partial charge in [-0.3, -0.25) is 14.3 Å². The van der Waals surface area contributed by atoms with Crippen LogP contribution in [-0.2, 0) is 30.8 Å². The first-order valence-electron chi connectivity index (χ1n) is 12.1. The lowest BCUT2D eigenvalue weighted by molar-refractivity contribution is -0.274. The highest BCUT2D eigenvalue weighted by molar-refractivity contribution is 14.1. The van der Waals surface area contributed by atoms with E-state index in [2.05, 4.69) is 58.6 Å². The molecule has 216 valence electrons. The van der Waals surface area contributed by atoms with Crippen LogP contribution in [0.4, 0.5) is 23.4 Å². The van der Waals surface area contributed by atoms with Crippen molar-refractivity contribution in [1.29, 1.82) is 0 Å². The van der Waals surface area contributed by atoms with Crippen LogP contribution in [0.5, 0.6) is 5.75 Å². The van der Waals surface area contributed by atoms with Gasteiger partial charge >= 0.3 is 6.36 Å². The summed E-state index contributed by atoms with van der Waals surface area (Å²) in [5.41, 5.74) is 1.35. The SMILES string of the molecule is O=C(Cc1cccc(OC(F)(F)F)c1)Nc1cn(CC(F)CCn2cc(C(=O)NCc3cccc(I)c3)nn2)nn1. The first kappa shape index (κ1) is 29.9. The molecule has 0 aliphatic rings. The molecule has 0 radical (unpaired) electrons. The number of anilines is 1. The Bertz CT molecular complexity index is 1490. The van der Waals surface area contributed by atoms with Crippen LogP contribution >= 0.6 is 22.6 Å². The van der Waals surface area contributed by atoms with Crippen molar-refractivity contribution in [1.82, 2.24) is 35.3 Å². The summed E-state index contributed by atoms with van der Waals surface area (Å²) in [5, 5.41) is 20.5. The second-order valence-corrected chi connectivity index (χ2v) is 10.1. The zero-order valence-electron chi connectivity index (χ0n) is 21.2. The summed E-state index contributed by atoms with van der Waals surface area (Å²) in [6, 6.07) is 12.7. The minimum atomic E-state index is -4.84. The predicted molar refractivity (Wildman–Crippen MR) is 145 cm³/mol. The van der Waals surface area contributed by atoms with Crippen LogP contribution in [0.2, 0.25) is 0 Å². The van der Waals surface area contributed by atoms with E-state index in [1.54, 1.807) is 0 Å². The molecule has 0 aliphatic heterocycles. The average Bonchev–Trinajstić information content (AvgIpc) is 3.55. The van der Waals surface area contributed by atoms with Crippen molar-refractivity contribution < 1.29 is 31.9 Å². The van der Waals surface area contributed by atoms with E-state index in [4.69, 9.17) is 0 Å². The Kier molecular flexibility index (Phi) is 9.85. The highest BCUT2D eigenvalue weighted by atomic mass is 127. The molecule has 1 unspecified atom stereocenters. The zero-order valence-corrected chi connectivity index (χ0v) is 23.3. The van der Waals surface area contributed by atoms with Gasteiger partial charge in [0.1, 0.15) is 11.9 Å². The third kappa shape index (κ3) is 9.80. The molecule has 4 aromatic rings. The lowest BCUT2D eigenvalue weighted by Gasteiger charge is -2.09. The zero-order chi connectivity index (χ0) is 29.4. The monoisotopic (exact) mass is 686 g/mol. The molecule has 0 bridgehead atoms. The molecule has 2 amide bonds. The van der Waals surface area contributed by atoms with Crippen molar-refractivity contribution >= 4 is 40.2 Å². The first-order valence-corrected chi connectivity index (χ1v) is 13.2. The van der Waals surface area contributed by atoms with Gasteiger partial charge in [0, 0.05) is 23.1 Å². The second kappa shape index (κ2) is 13.5. The van der Waals surface area contributed by atoms with Crippen LogP contribution in [0.1, 0.15) is 28.0 Å². The quantitative estimate of drug-likeness (QED) is 0.171. The fraction of sp³-hybridized carbons (Fsp3) is 0.280. The van der Waals surface area contributed by atoms with E-state index in [1.165, 1.54) is 33.9 Å². The van der Waals surface area contributed by atoms with E-state index in [1.807, 2.05) is 24.3 Å². The number of nitrogens with one attached hydrogen (secondary N) is 2. The van der Waals surface area contributed by atoms with Gasteiger partial charge < -0.3 is 15.4 Å². The van der Waals surface area contributed by atoms with Gasteiger partial charge in [0.15, 0.2) is 11.5 Å². The molecule has 0 fully saturated rings. The van der Waals surface area contributed by atoms with Gasteiger partial charge in [0.2, 0.25) is 5.91 Å². The third-order valence-corrected chi connectivity index (χ3v) is 6.14. The Morgan fingerprint density at radius 2 is 1.76 bits per heavy atom. The van der Waals surface area contributed by atoms with Crippen molar-refractivity contribution in [2.45, 2.75) is 45.0 Å². The maximum atomic E-state index is 14.6. The van der Waals surface area contributed by atoms with Gasteiger partial charge in [0.25, 0.3) is 5.91 Å². The standard InChI is InChI=1S/C25H23F4IN8O3/c26-18(7-8-37-14-21(33-35-37)24(40)31-12-17-4-1-5-19(30)9-17)13-38-15-22(34-36-38)32-23(39)11-16-3-2-6-20(10-16)41-25(27,28)29/h1-6,9-10,14-15,18H,7-8,11-13H2,(H,31,40)(H,32,39). The molecule has 41 heavy (non-hydrogen) atoms. The number of amides is 2. The van der Waals surface area contributed by atoms with E-state index in [0.717, 1.165) is 21.3 Å². The molecular weight excluding hydrogens is 663 g/mol. The van der Waals surface area contributed by atoms with Crippen LogP contribution in [0.15, 0.2) is 60.9 Å². The minimum absolute atomic E-state index is 0.0464. The summed E-state index contributed by atoms with van der Waals surface area (Å²) >= 11 is 2.19. The molecule has 0 spiro atoms. The number of benzene rings is 2. The number of alkyl halides is 4. The maximum absolute atomic E-state index is 14.6. The normalized spacial score (nSPS) is 12.1. The highest BCUT2D eigenvalue weighted by Gasteiger charge is 2.31. The number of nitrogens with zero attached hydrogens (tertiary/aromatic N) is 6. The summed E-state index contributed by atoms with van der Waals surface area (Å²) < 4.78 is 59.3. The summed E-state index contributed by atoms with van der Waals surface area (Å²) in [6.45, 7) is 0.338. The van der Waals surface area contributed by atoms with E-state index in [9.17, 15) is 27.2 Å². The van der Waals surface area contributed by atoms with Crippen LogP contribution < -0.4 is 15.4 Å². The Hall–Kier alpha value is -4.09. The van der Waals surface area contributed by atoms with Crippen molar-refractivity contribution in [3.63, 3.8) is 0 Å². The largest absolute Gasteiger partial charge is 0.573 e. The summed E-state index contributed by atoms with van der Waals surface area (Å²) in [4.78, 5) is 24.6. The second-order valence-electron chi connectivity index (χ2n) is 8.81. The Labute approximate surface area is 244 Å². The number of carbonyl (C=O) groups excluding carboxylic acids is 2. The summed E-state index contributed by atoms with van der Waals surface area (Å²) in [5.74, 6) is -1.33. The minimum Gasteiger partial charge on any atom is -0.406 e. The fourth-order valence-electron chi connectivity index (χ4n) is 3.67. The first-order chi connectivity index (χ1) is 19.5. The predicted octanol–water partition coefficient (Wildman–Crippen LogP) is 3.91. The smallest absolute Gasteiger partial charge is 0.406 e. The lowest BCUT2D eigenvalue weighted by Crippen LogP contribution is -2.23. The number of hydrogen-bond donors (Lipinski definition) is 2. The number of aromatic nitrogens is 6. The molecule has 2 N–H and O–H groups in total. The number of ether oxygens (including phenoxy) is 1. The van der Waals surface area contributed by atoms with Gasteiger partial charge in [-0.25, -0.2) is 9.07 Å². The average molecular weight is 686 g/mol. The molecule has 16 heteroatoms. The molecule has 2 aromatic carbocycles. The molecule has 1 atom stereocenters. The molecule has 2 aromatic heterocycles. The van der Waals surface area contributed by atoms with Crippen LogP contribution in [-0.4, -0.2) is 54.3 Å². The topological polar surface area (TPSA) is 129 Å². The van der Waals surface area contributed by atoms with E-state index in [-0.39, 0.29) is 37.4 Å². The van der Waals surface area contributed by atoms with Gasteiger partial charge in [-0.05, 0) is 58.0 Å². The van der Waals surface area contributed by atoms with Crippen molar-refractivity contribution in [3.8, 4) is 5.75 Å². The maximum Gasteiger partial charge on any atom is 0.573 e. The van der Waals surface area contributed by atoms with Crippen molar-refractivity contribution in [3.05, 3.63) is 81.3 Å². The van der Waals surface area contributed by atoms with E-state index >= 15 is 0 Å². The highest BCUT2D eigenvalue weighted by Crippen LogP contribution is 2.23. The van der Waals surface area contributed by atoms with Crippen molar-refractivity contribution in [2.75, 3.05) is 5.32 Å². The van der Waals surface area contributed by atoms with Gasteiger partial charge in [-0.1, -0.05) is 34.7 Å². The molecule has 0 saturated heterocycles. The fourth-order valence-corrected chi connectivity index (χ4v) is 4.28. The number of halogens is 5. The van der Waals surface area contributed by atoms with Gasteiger partial charge in [0.05, 0.1) is 25.4 Å². The Morgan fingerprint density at radius 3 is 2.54 bits per heavy atom. The Balaban J connectivity index is 1.20. The third-order valence-electron chi connectivity index (χ3n) is 5.47. The molecule has 4 rings (SSSR count). The van der Waals surface area contributed by atoms with Crippen LogP contribution in [0.25, 0.3) is 0 Å². The number of rotatable bonds is 12. The molecule has 0 saturated carbocycles. The van der Waals surface area contributed by atoms with E-state index < -0.39 is 30.1 Å². The van der Waals surface area contributed by atoms with Crippen LogP contribution in [0, 0.1) is 3.57 Å².